The summed E-state index contributed by atoms with van der Waals surface area (Å²) < 4.78 is 0. The Morgan fingerprint density at radius 2 is 1.63 bits per heavy atom. The molecule has 2 amide bonds. The van der Waals surface area contributed by atoms with E-state index in [1.54, 1.807) is 0 Å². The maximum atomic E-state index is 12.4. The predicted octanol–water partition coefficient (Wildman–Crippen LogP) is 0.649. The van der Waals surface area contributed by atoms with Gasteiger partial charge in [0.25, 0.3) is 0 Å². The minimum atomic E-state index is -1.36. The molecule has 0 fully saturated rings. The second kappa shape index (κ2) is 10.4. The first-order valence-corrected chi connectivity index (χ1v) is 9.46. The van der Waals surface area contributed by atoms with E-state index in [2.05, 4.69) is 10.6 Å². The van der Waals surface area contributed by atoms with E-state index in [1.165, 1.54) is 6.92 Å². The van der Waals surface area contributed by atoms with E-state index >= 15 is 0 Å². The van der Waals surface area contributed by atoms with Crippen LogP contribution in [-0.2, 0) is 25.6 Å². The Morgan fingerprint density at radius 3 is 2.27 bits per heavy atom. The first kappa shape index (κ1) is 22.8. The van der Waals surface area contributed by atoms with Crippen molar-refractivity contribution in [3.8, 4) is 0 Å². The van der Waals surface area contributed by atoms with Crippen molar-refractivity contribution in [2.24, 2.45) is 5.73 Å². The number of nitrogens with two attached hydrogens (primary N) is 1. The van der Waals surface area contributed by atoms with Gasteiger partial charge in [0.15, 0.2) is 0 Å². The van der Waals surface area contributed by atoms with Crippen LogP contribution in [0.5, 0.6) is 0 Å². The number of carboxylic acid groups (broad SMARTS) is 2. The molecular weight excluding hydrogens is 390 g/mol. The van der Waals surface area contributed by atoms with E-state index in [1.807, 2.05) is 42.5 Å². The van der Waals surface area contributed by atoms with Gasteiger partial charge in [0.2, 0.25) is 11.8 Å². The quantitative estimate of drug-likeness (QED) is 0.381. The van der Waals surface area contributed by atoms with Crippen molar-refractivity contribution in [3.63, 3.8) is 0 Å². The van der Waals surface area contributed by atoms with Crippen LogP contribution >= 0.6 is 0 Å². The summed E-state index contributed by atoms with van der Waals surface area (Å²) >= 11 is 0. The van der Waals surface area contributed by atoms with Gasteiger partial charge in [-0.25, -0.2) is 4.79 Å². The first-order chi connectivity index (χ1) is 14.2. The molecule has 3 atom stereocenters. The molecule has 0 unspecified atom stereocenters. The normalized spacial score (nSPS) is 13.8. The minimum absolute atomic E-state index is 0.265. The van der Waals surface area contributed by atoms with Crippen molar-refractivity contribution in [1.29, 1.82) is 0 Å². The van der Waals surface area contributed by atoms with Gasteiger partial charge in [-0.1, -0.05) is 42.5 Å². The molecule has 0 aliphatic rings. The molecule has 0 saturated carbocycles. The standard InChI is InChI=1S/C21H25N3O6/c1-12(19(27)24-17(21(29)30)8-9-18(25)26)23-20(28)16(22)11-13-6-7-14-4-2-3-5-15(14)10-13/h2-7,10,12,16-17H,8-9,11,22H2,1H3,(H,23,28)(H,24,27)(H,25,26)(H,29,30)/t12-,16+,17-/m1/s1. The maximum absolute atomic E-state index is 12.4. The Morgan fingerprint density at radius 1 is 0.967 bits per heavy atom. The van der Waals surface area contributed by atoms with Gasteiger partial charge in [0.1, 0.15) is 12.1 Å². The number of hydrogen-bond acceptors (Lipinski definition) is 5. The second-order valence-electron chi connectivity index (χ2n) is 7.05. The highest BCUT2D eigenvalue weighted by Gasteiger charge is 2.25. The van der Waals surface area contributed by atoms with E-state index in [4.69, 9.17) is 15.9 Å². The Balaban J connectivity index is 1.91. The average molecular weight is 415 g/mol. The second-order valence-corrected chi connectivity index (χ2v) is 7.05. The summed E-state index contributed by atoms with van der Waals surface area (Å²) in [5.41, 5.74) is 6.84. The fraction of sp³-hybridized carbons (Fsp3) is 0.333. The molecule has 0 aliphatic carbocycles. The zero-order valence-corrected chi connectivity index (χ0v) is 16.5. The van der Waals surface area contributed by atoms with Crippen LogP contribution in [0.3, 0.4) is 0 Å². The summed E-state index contributed by atoms with van der Waals surface area (Å²) in [4.78, 5) is 46.3. The molecule has 9 nitrogen and oxygen atoms in total. The molecule has 0 bridgehead atoms. The summed E-state index contributed by atoms with van der Waals surface area (Å²) in [6.45, 7) is 1.39. The smallest absolute Gasteiger partial charge is 0.326 e. The zero-order chi connectivity index (χ0) is 22.3. The summed E-state index contributed by atoms with van der Waals surface area (Å²) in [5.74, 6) is -3.81. The molecule has 2 rings (SSSR count). The van der Waals surface area contributed by atoms with Crippen LogP contribution in [0.2, 0.25) is 0 Å². The number of carbonyl (C=O) groups excluding carboxylic acids is 2. The first-order valence-electron chi connectivity index (χ1n) is 9.46. The lowest BCUT2D eigenvalue weighted by Crippen LogP contribution is -2.53. The molecule has 2 aromatic carbocycles. The summed E-state index contributed by atoms with van der Waals surface area (Å²) in [5, 5.41) is 24.6. The minimum Gasteiger partial charge on any atom is -0.481 e. The maximum Gasteiger partial charge on any atom is 0.326 e. The highest BCUT2D eigenvalue weighted by atomic mass is 16.4. The van der Waals surface area contributed by atoms with Crippen LogP contribution in [0.25, 0.3) is 10.8 Å². The van der Waals surface area contributed by atoms with Crippen molar-refractivity contribution in [2.45, 2.75) is 44.3 Å². The highest BCUT2D eigenvalue weighted by Crippen LogP contribution is 2.16. The molecule has 6 N–H and O–H groups in total. The lowest BCUT2D eigenvalue weighted by Gasteiger charge is -2.20. The molecule has 9 heteroatoms. The molecule has 0 heterocycles. The van der Waals surface area contributed by atoms with Crippen molar-refractivity contribution in [3.05, 3.63) is 48.0 Å². The highest BCUT2D eigenvalue weighted by molar-refractivity contribution is 5.91. The van der Waals surface area contributed by atoms with Crippen LogP contribution in [0.4, 0.5) is 0 Å². The topological polar surface area (TPSA) is 159 Å². The number of nitrogens with one attached hydrogen (secondary N) is 2. The van der Waals surface area contributed by atoms with Gasteiger partial charge in [-0.05, 0) is 36.1 Å². The van der Waals surface area contributed by atoms with E-state index < -0.39 is 48.3 Å². The number of rotatable bonds is 10. The number of benzene rings is 2. The lowest BCUT2D eigenvalue weighted by atomic mass is 10.0. The van der Waals surface area contributed by atoms with Gasteiger partial charge in [0.05, 0.1) is 6.04 Å². The van der Waals surface area contributed by atoms with Gasteiger partial charge in [-0.3, -0.25) is 14.4 Å². The zero-order valence-electron chi connectivity index (χ0n) is 16.5. The van der Waals surface area contributed by atoms with Crippen LogP contribution in [-0.4, -0.2) is 52.1 Å². The molecule has 0 radical (unpaired) electrons. The number of carbonyl (C=O) groups is 4. The third-order valence-electron chi connectivity index (χ3n) is 4.62. The van der Waals surface area contributed by atoms with Crippen molar-refractivity contribution >= 4 is 34.5 Å². The van der Waals surface area contributed by atoms with Crippen molar-refractivity contribution in [2.75, 3.05) is 0 Å². The van der Waals surface area contributed by atoms with E-state index in [-0.39, 0.29) is 12.8 Å². The van der Waals surface area contributed by atoms with Crippen LogP contribution in [0.15, 0.2) is 42.5 Å². The number of carboxylic acids is 2. The molecule has 0 aromatic heterocycles. The summed E-state index contributed by atoms with van der Waals surface area (Å²) in [6.07, 6.45) is -0.408. The van der Waals surface area contributed by atoms with Crippen molar-refractivity contribution < 1.29 is 29.4 Å². The van der Waals surface area contributed by atoms with Gasteiger partial charge in [-0.15, -0.1) is 0 Å². The van der Waals surface area contributed by atoms with Gasteiger partial charge in [-0.2, -0.15) is 0 Å². The third kappa shape index (κ3) is 6.56. The van der Waals surface area contributed by atoms with Crippen LogP contribution in [0, 0.1) is 0 Å². The molecule has 0 aliphatic heterocycles. The summed E-state index contributed by atoms with van der Waals surface area (Å²) in [6, 6.07) is 10.3. The fourth-order valence-corrected chi connectivity index (χ4v) is 2.92. The Bertz CT molecular complexity index is 945. The van der Waals surface area contributed by atoms with Crippen LogP contribution in [0.1, 0.15) is 25.3 Å². The van der Waals surface area contributed by atoms with Gasteiger partial charge >= 0.3 is 11.9 Å². The number of amides is 2. The molecule has 160 valence electrons. The molecule has 2 aromatic rings. The molecule has 0 saturated heterocycles. The van der Waals surface area contributed by atoms with E-state index in [9.17, 15) is 19.2 Å². The van der Waals surface area contributed by atoms with Crippen LogP contribution < -0.4 is 16.4 Å². The number of hydrogen-bond donors (Lipinski definition) is 5. The largest absolute Gasteiger partial charge is 0.481 e. The third-order valence-corrected chi connectivity index (χ3v) is 4.62. The molecular formula is C21H25N3O6. The van der Waals surface area contributed by atoms with Gasteiger partial charge < -0.3 is 26.6 Å². The lowest BCUT2D eigenvalue weighted by molar-refractivity contribution is -0.143. The Labute approximate surface area is 173 Å². The monoisotopic (exact) mass is 415 g/mol. The Hall–Kier alpha value is -3.46. The SMILES string of the molecule is C[C@@H](NC(=O)[C@@H](N)Cc1ccc2ccccc2c1)C(=O)N[C@H](CCC(=O)O)C(=O)O. The van der Waals surface area contributed by atoms with Crippen molar-refractivity contribution in [1.82, 2.24) is 10.6 Å². The molecule has 0 spiro atoms. The van der Waals surface area contributed by atoms with E-state index in [0.717, 1.165) is 16.3 Å². The fourth-order valence-electron chi connectivity index (χ4n) is 2.92. The molecule has 30 heavy (non-hydrogen) atoms. The average Bonchev–Trinajstić information content (AvgIpc) is 2.70. The van der Waals surface area contributed by atoms with Gasteiger partial charge in [0, 0.05) is 6.42 Å². The van der Waals surface area contributed by atoms with E-state index in [0.29, 0.717) is 0 Å². The number of fused-ring (bicyclic) bond motifs is 1. The predicted molar refractivity (Wildman–Crippen MR) is 110 cm³/mol. The number of aliphatic carboxylic acids is 2. The Kier molecular flexibility index (Phi) is 7.88. The summed E-state index contributed by atoms with van der Waals surface area (Å²) in [7, 11) is 0.